The monoisotopic (exact) mass is 333 g/mol. The number of piperidine rings is 1. The van der Waals surface area contributed by atoms with Gasteiger partial charge in [-0.05, 0) is 50.9 Å². The second-order valence-electron chi connectivity index (χ2n) is 6.51. The zero-order valence-electron chi connectivity index (χ0n) is 14.3. The van der Waals surface area contributed by atoms with Gasteiger partial charge in [-0.2, -0.15) is 0 Å². The van der Waals surface area contributed by atoms with E-state index < -0.39 is 0 Å². The highest BCUT2D eigenvalue weighted by Crippen LogP contribution is 2.19. The van der Waals surface area contributed by atoms with Crippen molar-refractivity contribution in [1.82, 2.24) is 14.5 Å². The molecule has 1 aliphatic heterocycles. The molecule has 0 bridgehead atoms. The second-order valence-corrected chi connectivity index (χ2v) is 6.51. The van der Waals surface area contributed by atoms with Crippen LogP contribution in [0.15, 0.2) is 23.0 Å². The maximum absolute atomic E-state index is 13.3. The minimum atomic E-state index is -0.366. The number of methoxy groups -OCH3 is 1. The summed E-state index contributed by atoms with van der Waals surface area (Å²) in [5.41, 5.74) is 0.363. The average Bonchev–Trinajstić information content (AvgIpc) is 2.57. The van der Waals surface area contributed by atoms with Gasteiger partial charge in [-0.25, -0.2) is 9.37 Å². The first-order valence-corrected chi connectivity index (χ1v) is 8.46. The summed E-state index contributed by atoms with van der Waals surface area (Å²) in [5, 5.41) is 0.486. The van der Waals surface area contributed by atoms with Crippen molar-refractivity contribution in [3.63, 3.8) is 0 Å². The maximum Gasteiger partial charge on any atom is 0.261 e. The second kappa shape index (κ2) is 7.40. The van der Waals surface area contributed by atoms with E-state index in [1.807, 2.05) is 6.92 Å². The molecule has 0 radical (unpaired) electrons. The number of hydrogen-bond donors (Lipinski definition) is 0. The first kappa shape index (κ1) is 17.0. The summed E-state index contributed by atoms with van der Waals surface area (Å²) in [6, 6.07) is 4.17. The Morgan fingerprint density at radius 3 is 2.79 bits per heavy atom. The predicted octanol–water partition coefficient (Wildman–Crippen LogP) is 2.20. The molecular weight excluding hydrogens is 309 g/mol. The van der Waals surface area contributed by atoms with Gasteiger partial charge < -0.3 is 9.64 Å². The predicted molar refractivity (Wildman–Crippen MR) is 91.7 cm³/mol. The van der Waals surface area contributed by atoms with E-state index in [2.05, 4.69) is 9.88 Å². The number of nitrogens with zero attached hydrogens (tertiary/aromatic N) is 3. The minimum Gasteiger partial charge on any atom is -0.383 e. The van der Waals surface area contributed by atoms with Gasteiger partial charge in [-0.1, -0.05) is 0 Å². The van der Waals surface area contributed by atoms with Crippen molar-refractivity contribution in [3.8, 4) is 0 Å². The molecule has 0 spiro atoms. The molecule has 5 nitrogen and oxygen atoms in total. The van der Waals surface area contributed by atoms with Crippen molar-refractivity contribution in [2.45, 2.75) is 26.3 Å². The van der Waals surface area contributed by atoms with E-state index in [1.165, 1.54) is 18.2 Å². The summed E-state index contributed by atoms with van der Waals surface area (Å²) < 4.78 is 20.2. The zero-order chi connectivity index (χ0) is 17.1. The number of halogens is 1. The van der Waals surface area contributed by atoms with E-state index in [9.17, 15) is 9.18 Å². The van der Waals surface area contributed by atoms with Gasteiger partial charge in [0.1, 0.15) is 11.6 Å². The molecule has 24 heavy (non-hydrogen) atoms. The van der Waals surface area contributed by atoms with Gasteiger partial charge in [0.25, 0.3) is 5.56 Å². The van der Waals surface area contributed by atoms with Crippen LogP contribution in [-0.2, 0) is 11.3 Å². The molecule has 0 unspecified atom stereocenters. The SMILES string of the molecule is COCCN1CCC(Cn2c(C)nc3cc(F)ccc3c2=O)CC1. The fourth-order valence-electron chi connectivity index (χ4n) is 3.39. The van der Waals surface area contributed by atoms with Crippen LogP contribution in [0, 0.1) is 18.7 Å². The molecule has 1 aromatic carbocycles. The lowest BCUT2D eigenvalue weighted by atomic mass is 9.96. The molecule has 1 aromatic heterocycles. The van der Waals surface area contributed by atoms with Crippen LogP contribution in [0.2, 0.25) is 0 Å². The Balaban J connectivity index is 1.74. The molecule has 0 N–H and O–H groups in total. The standard InChI is InChI=1S/C18H24FN3O2/c1-13-20-17-11-15(19)3-4-16(17)18(23)22(13)12-14-5-7-21(8-6-14)9-10-24-2/h3-4,11,14H,5-10,12H2,1-2H3. The topological polar surface area (TPSA) is 47.4 Å². The van der Waals surface area contributed by atoms with Crippen molar-refractivity contribution in [3.05, 3.63) is 40.2 Å². The van der Waals surface area contributed by atoms with E-state index in [-0.39, 0.29) is 11.4 Å². The van der Waals surface area contributed by atoms with Gasteiger partial charge in [-0.15, -0.1) is 0 Å². The Morgan fingerprint density at radius 1 is 1.33 bits per heavy atom. The summed E-state index contributed by atoms with van der Waals surface area (Å²) >= 11 is 0. The maximum atomic E-state index is 13.3. The third-order valence-corrected chi connectivity index (χ3v) is 4.87. The van der Waals surface area contributed by atoms with Crippen LogP contribution in [-0.4, -0.2) is 47.8 Å². The van der Waals surface area contributed by atoms with Crippen molar-refractivity contribution in [2.24, 2.45) is 5.92 Å². The van der Waals surface area contributed by atoms with Crippen molar-refractivity contribution in [2.75, 3.05) is 33.4 Å². The molecule has 0 aliphatic carbocycles. The Kier molecular flexibility index (Phi) is 5.26. The van der Waals surface area contributed by atoms with Crippen molar-refractivity contribution < 1.29 is 9.13 Å². The number of hydrogen-bond acceptors (Lipinski definition) is 4. The molecule has 2 heterocycles. The van der Waals surface area contributed by atoms with Crippen LogP contribution >= 0.6 is 0 Å². The highest BCUT2D eigenvalue weighted by molar-refractivity contribution is 5.77. The fraction of sp³-hybridized carbons (Fsp3) is 0.556. The van der Waals surface area contributed by atoms with Gasteiger partial charge in [-0.3, -0.25) is 9.36 Å². The van der Waals surface area contributed by atoms with Crippen LogP contribution in [0.3, 0.4) is 0 Å². The number of fused-ring (bicyclic) bond motifs is 1. The normalized spacial score (nSPS) is 16.8. The summed E-state index contributed by atoms with van der Waals surface area (Å²) in [4.78, 5) is 19.5. The lowest BCUT2D eigenvalue weighted by Gasteiger charge is -2.32. The first-order chi connectivity index (χ1) is 11.6. The third-order valence-electron chi connectivity index (χ3n) is 4.87. The zero-order valence-corrected chi connectivity index (χ0v) is 14.3. The smallest absolute Gasteiger partial charge is 0.261 e. The van der Waals surface area contributed by atoms with E-state index in [0.29, 0.717) is 29.2 Å². The summed E-state index contributed by atoms with van der Waals surface area (Å²) in [6.07, 6.45) is 2.13. The number of likely N-dealkylation sites (tertiary alicyclic amines) is 1. The van der Waals surface area contributed by atoms with E-state index in [1.54, 1.807) is 11.7 Å². The van der Waals surface area contributed by atoms with Gasteiger partial charge >= 0.3 is 0 Å². The van der Waals surface area contributed by atoms with Crippen LogP contribution in [0.1, 0.15) is 18.7 Å². The molecule has 0 saturated carbocycles. The summed E-state index contributed by atoms with van der Waals surface area (Å²) in [6.45, 7) is 6.30. The van der Waals surface area contributed by atoms with E-state index >= 15 is 0 Å². The van der Waals surface area contributed by atoms with Gasteiger partial charge in [0.2, 0.25) is 0 Å². The molecule has 130 valence electrons. The molecule has 0 atom stereocenters. The summed E-state index contributed by atoms with van der Waals surface area (Å²) in [5.74, 6) is 0.759. The molecule has 3 rings (SSSR count). The number of ether oxygens (including phenoxy) is 1. The van der Waals surface area contributed by atoms with Crippen molar-refractivity contribution >= 4 is 10.9 Å². The van der Waals surface area contributed by atoms with Crippen LogP contribution in [0.25, 0.3) is 10.9 Å². The average molecular weight is 333 g/mol. The minimum absolute atomic E-state index is 0.0701. The number of rotatable bonds is 5. The number of aryl methyl sites for hydroxylation is 1. The van der Waals surface area contributed by atoms with Crippen LogP contribution in [0.4, 0.5) is 4.39 Å². The lowest BCUT2D eigenvalue weighted by molar-refractivity contribution is 0.116. The van der Waals surface area contributed by atoms with Gasteiger partial charge in [0, 0.05) is 26.3 Å². The first-order valence-electron chi connectivity index (χ1n) is 8.46. The Morgan fingerprint density at radius 2 is 2.08 bits per heavy atom. The Bertz CT molecular complexity index is 767. The lowest BCUT2D eigenvalue weighted by Crippen LogP contribution is -2.38. The van der Waals surface area contributed by atoms with Crippen LogP contribution in [0.5, 0.6) is 0 Å². The van der Waals surface area contributed by atoms with E-state index in [0.717, 1.165) is 39.1 Å². The molecule has 6 heteroatoms. The highest BCUT2D eigenvalue weighted by atomic mass is 19.1. The van der Waals surface area contributed by atoms with E-state index in [4.69, 9.17) is 4.74 Å². The Labute approximate surface area is 141 Å². The Hall–Kier alpha value is -1.79. The van der Waals surface area contributed by atoms with Crippen molar-refractivity contribution in [1.29, 1.82) is 0 Å². The van der Waals surface area contributed by atoms with Gasteiger partial charge in [0.05, 0.1) is 17.5 Å². The third kappa shape index (κ3) is 3.65. The summed E-state index contributed by atoms with van der Waals surface area (Å²) in [7, 11) is 1.72. The molecule has 2 aromatic rings. The fourth-order valence-corrected chi connectivity index (χ4v) is 3.39. The number of aromatic nitrogens is 2. The number of benzene rings is 1. The van der Waals surface area contributed by atoms with Crippen LogP contribution < -0.4 is 5.56 Å². The highest BCUT2D eigenvalue weighted by Gasteiger charge is 2.21. The quantitative estimate of drug-likeness (QED) is 0.842. The van der Waals surface area contributed by atoms with Gasteiger partial charge in [0.15, 0.2) is 0 Å². The molecule has 1 saturated heterocycles. The largest absolute Gasteiger partial charge is 0.383 e. The molecule has 0 amide bonds. The molecule has 1 aliphatic rings. The molecule has 1 fully saturated rings. The molecular formula is C18H24FN3O2.